The molecule has 0 saturated heterocycles. The summed E-state index contributed by atoms with van der Waals surface area (Å²) in [5, 5.41) is 0. The van der Waals surface area contributed by atoms with Crippen molar-refractivity contribution in [2.75, 3.05) is 6.61 Å². The molecule has 4 nitrogen and oxygen atoms in total. The van der Waals surface area contributed by atoms with E-state index in [-0.39, 0.29) is 18.0 Å². The van der Waals surface area contributed by atoms with Crippen LogP contribution < -0.4 is 0 Å². The Balaban J connectivity index is 2.41. The van der Waals surface area contributed by atoms with Crippen molar-refractivity contribution >= 4 is 11.9 Å². The van der Waals surface area contributed by atoms with Crippen molar-refractivity contribution in [1.29, 1.82) is 0 Å². The van der Waals surface area contributed by atoms with Gasteiger partial charge in [0.05, 0.1) is 23.8 Å². The zero-order chi connectivity index (χ0) is 18.5. The van der Waals surface area contributed by atoms with Gasteiger partial charge in [-0.25, -0.2) is 9.59 Å². The van der Waals surface area contributed by atoms with Crippen LogP contribution in [-0.2, 0) is 9.47 Å². The summed E-state index contributed by atoms with van der Waals surface area (Å²) < 4.78 is 10.7. The maximum atomic E-state index is 12.1. The van der Waals surface area contributed by atoms with Crippen LogP contribution in [0.4, 0.5) is 0 Å². The fourth-order valence-electron chi connectivity index (χ4n) is 2.51. The molecule has 0 aliphatic carbocycles. The van der Waals surface area contributed by atoms with Crippen molar-refractivity contribution in [3.63, 3.8) is 0 Å². The van der Waals surface area contributed by atoms with Gasteiger partial charge in [-0.3, -0.25) is 0 Å². The first-order valence-electron chi connectivity index (χ1n) is 9.56. The highest BCUT2D eigenvalue weighted by atomic mass is 16.5. The molecule has 0 fully saturated rings. The van der Waals surface area contributed by atoms with Crippen LogP contribution in [0.5, 0.6) is 0 Å². The summed E-state index contributed by atoms with van der Waals surface area (Å²) in [6.07, 6.45) is 8.47. The molecule has 1 aromatic carbocycles. The average Bonchev–Trinajstić information content (AvgIpc) is 2.62. The van der Waals surface area contributed by atoms with E-state index in [0.717, 1.165) is 32.1 Å². The Morgan fingerprint density at radius 1 is 0.840 bits per heavy atom. The van der Waals surface area contributed by atoms with Gasteiger partial charge in [-0.05, 0) is 50.5 Å². The first-order valence-corrected chi connectivity index (χ1v) is 9.56. The van der Waals surface area contributed by atoms with Crippen molar-refractivity contribution in [3.8, 4) is 0 Å². The summed E-state index contributed by atoms with van der Waals surface area (Å²) in [6.45, 7) is 6.64. The molecule has 4 heteroatoms. The average molecular weight is 348 g/mol. The van der Waals surface area contributed by atoms with Gasteiger partial charge in [-0.2, -0.15) is 0 Å². The number of unbranched alkanes of at least 4 members (excludes halogenated alkanes) is 5. The summed E-state index contributed by atoms with van der Waals surface area (Å²) >= 11 is 0. The minimum atomic E-state index is -0.347. The molecule has 1 unspecified atom stereocenters. The van der Waals surface area contributed by atoms with Gasteiger partial charge in [0.2, 0.25) is 0 Å². The zero-order valence-corrected chi connectivity index (χ0v) is 15.9. The summed E-state index contributed by atoms with van der Waals surface area (Å²) in [6, 6.07) is 6.47. The quantitative estimate of drug-likeness (QED) is 0.367. The fraction of sp³-hybridized carbons (Fsp3) is 0.619. The molecule has 1 atom stereocenters. The molecule has 0 N–H and O–H groups in total. The number of carbonyl (C=O) groups is 2. The van der Waals surface area contributed by atoms with E-state index in [1.54, 1.807) is 24.3 Å². The third-order valence-electron chi connectivity index (χ3n) is 4.11. The smallest absolute Gasteiger partial charge is 0.338 e. The number of rotatable bonds is 12. The Hall–Kier alpha value is -1.84. The van der Waals surface area contributed by atoms with E-state index in [0.29, 0.717) is 17.7 Å². The topological polar surface area (TPSA) is 52.6 Å². The van der Waals surface area contributed by atoms with Crippen LogP contribution in [0.15, 0.2) is 24.3 Å². The highest BCUT2D eigenvalue weighted by Gasteiger charge is 2.13. The highest BCUT2D eigenvalue weighted by Crippen LogP contribution is 2.12. The molecular formula is C21H32O4. The molecule has 0 amide bonds. The van der Waals surface area contributed by atoms with E-state index in [2.05, 4.69) is 13.8 Å². The predicted octanol–water partition coefficient (Wildman–Crippen LogP) is 5.55. The Morgan fingerprint density at radius 3 is 2.00 bits per heavy atom. The molecule has 1 aromatic rings. The van der Waals surface area contributed by atoms with Crippen LogP contribution in [0.1, 0.15) is 92.9 Å². The van der Waals surface area contributed by atoms with E-state index in [1.807, 2.05) is 6.92 Å². The summed E-state index contributed by atoms with van der Waals surface area (Å²) in [7, 11) is 0. The van der Waals surface area contributed by atoms with E-state index in [9.17, 15) is 9.59 Å². The standard InChI is InChI=1S/C21H32O4/c1-4-6-8-9-11-17(3)25-21(23)19-14-12-18(13-15-19)20(22)24-16-10-7-5-2/h12-15,17H,4-11,16H2,1-3H3. The van der Waals surface area contributed by atoms with Gasteiger partial charge in [0.15, 0.2) is 0 Å². The second-order valence-corrected chi connectivity index (χ2v) is 6.49. The van der Waals surface area contributed by atoms with Crippen LogP contribution in [-0.4, -0.2) is 24.6 Å². The fourth-order valence-corrected chi connectivity index (χ4v) is 2.51. The predicted molar refractivity (Wildman–Crippen MR) is 99.9 cm³/mol. The Bertz CT molecular complexity index is 507. The van der Waals surface area contributed by atoms with Crippen molar-refractivity contribution < 1.29 is 19.1 Å². The Morgan fingerprint density at radius 2 is 1.40 bits per heavy atom. The molecule has 25 heavy (non-hydrogen) atoms. The molecule has 140 valence electrons. The van der Waals surface area contributed by atoms with Gasteiger partial charge in [0.1, 0.15) is 0 Å². The molecule has 0 spiro atoms. The second-order valence-electron chi connectivity index (χ2n) is 6.49. The molecule has 0 saturated carbocycles. The van der Waals surface area contributed by atoms with Crippen molar-refractivity contribution in [3.05, 3.63) is 35.4 Å². The van der Waals surface area contributed by atoms with Crippen molar-refractivity contribution in [2.24, 2.45) is 0 Å². The lowest BCUT2D eigenvalue weighted by atomic mass is 10.1. The molecular weight excluding hydrogens is 316 g/mol. The van der Waals surface area contributed by atoms with E-state index >= 15 is 0 Å². The summed E-state index contributed by atoms with van der Waals surface area (Å²) in [5.74, 6) is -0.689. The lowest BCUT2D eigenvalue weighted by molar-refractivity contribution is 0.0318. The van der Waals surface area contributed by atoms with Gasteiger partial charge in [0.25, 0.3) is 0 Å². The minimum Gasteiger partial charge on any atom is -0.462 e. The second kappa shape index (κ2) is 12.5. The highest BCUT2D eigenvalue weighted by molar-refractivity contribution is 5.93. The lowest BCUT2D eigenvalue weighted by Crippen LogP contribution is -2.15. The van der Waals surface area contributed by atoms with E-state index in [1.165, 1.54) is 19.3 Å². The van der Waals surface area contributed by atoms with Gasteiger partial charge in [-0.15, -0.1) is 0 Å². The lowest BCUT2D eigenvalue weighted by Gasteiger charge is -2.13. The third kappa shape index (κ3) is 8.71. The van der Waals surface area contributed by atoms with Crippen LogP contribution in [0.2, 0.25) is 0 Å². The molecule has 0 aliphatic heterocycles. The number of carbonyl (C=O) groups excluding carboxylic acids is 2. The van der Waals surface area contributed by atoms with Gasteiger partial charge >= 0.3 is 11.9 Å². The normalized spacial score (nSPS) is 11.8. The van der Waals surface area contributed by atoms with Crippen LogP contribution >= 0.6 is 0 Å². The molecule has 0 heterocycles. The molecule has 0 bridgehead atoms. The first kappa shape index (κ1) is 21.2. The number of benzene rings is 1. The summed E-state index contributed by atoms with van der Waals surface area (Å²) in [5.41, 5.74) is 0.920. The maximum Gasteiger partial charge on any atom is 0.338 e. The number of ether oxygens (including phenoxy) is 2. The number of hydrogen-bond donors (Lipinski definition) is 0. The molecule has 1 rings (SSSR count). The minimum absolute atomic E-state index is 0.0902. The van der Waals surface area contributed by atoms with Crippen molar-refractivity contribution in [2.45, 2.75) is 78.2 Å². The largest absolute Gasteiger partial charge is 0.462 e. The zero-order valence-electron chi connectivity index (χ0n) is 15.9. The monoisotopic (exact) mass is 348 g/mol. The Labute approximate surface area is 151 Å². The number of hydrogen-bond acceptors (Lipinski definition) is 4. The third-order valence-corrected chi connectivity index (χ3v) is 4.11. The summed E-state index contributed by atoms with van der Waals surface area (Å²) in [4.78, 5) is 24.0. The molecule has 0 aliphatic rings. The molecule has 0 aromatic heterocycles. The van der Waals surface area contributed by atoms with Gasteiger partial charge in [-0.1, -0.05) is 46.0 Å². The maximum absolute atomic E-state index is 12.1. The van der Waals surface area contributed by atoms with Gasteiger partial charge in [0, 0.05) is 0 Å². The van der Waals surface area contributed by atoms with E-state index in [4.69, 9.17) is 9.47 Å². The van der Waals surface area contributed by atoms with Crippen LogP contribution in [0.3, 0.4) is 0 Å². The van der Waals surface area contributed by atoms with Crippen LogP contribution in [0.25, 0.3) is 0 Å². The van der Waals surface area contributed by atoms with Crippen molar-refractivity contribution in [1.82, 2.24) is 0 Å². The van der Waals surface area contributed by atoms with Crippen LogP contribution in [0, 0.1) is 0 Å². The SMILES string of the molecule is CCCCCCC(C)OC(=O)c1ccc(C(=O)OCCCCC)cc1. The van der Waals surface area contributed by atoms with E-state index < -0.39 is 0 Å². The molecule has 0 radical (unpaired) electrons. The number of esters is 2. The van der Waals surface area contributed by atoms with Gasteiger partial charge < -0.3 is 9.47 Å². The Kier molecular flexibility index (Phi) is 10.6. The first-order chi connectivity index (χ1) is 12.1.